The van der Waals surface area contributed by atoms with E-state index in [-0.39, 0.29) is 0 Å². The molecule has 3 N–H and O–H groups in total. The maximum atomic E-state index is 5.50. The molecular formula is C10H22N2. The third kappa shape index (κ3) is 2.46. The van der Waals surface area contributed by atoms with Crippen LogP contribution in [0, 0.1) is 10.8 Å². The molecule has 0 spiro atoms. The summed E-state index contributed by atoms with van der Waals surface area (Å²) < 4.78 is 0. The number of nitrogens with two attached hydrogens (primary N) is 1. The van der Waals surface area contributed by atoms with Crippen molar-refractivity contribution >= 4 is 0 Å². The Balaban J connectivity index is 2.66. The molecule has 0 bridgehead atoms. The molecule has 0 amide bonds. The normalized spacial score (nSPS) is 28.8. The van der Waals surface area contributed by atoms with Crippen LogP contribution in [0.15, 0.2) is 0 Å². The molecule has 0 aromatic carbocycles. The maximum absolute atomic E-state index is 5.50. The topological polar surface area (TPSA) is 38.0 Å². The Morgan fingerprint density at radius 1 is 1.08 bits per heavy atom. The summed E-state index contributed by atoms with van der Waals surface area (Å²) in [4.78, 5) is 0. The van der Waals surface area contributed by atoms with E-state index in [0.29, 0.717) is 16.9 Å². The highest BCUT2D eigenvalue weighted by molar-refractivity contribution is 4.91. The first kappa shape index (κ1) is 10.0. The number of rotatable bonds is 1. The highest BCUT2D eigenvalue weighted by atomic mass is 15.2. The first-order chi connectivity index (χ1) is 5.35. The largest absolute Gasteiger partial charge is 0.271 e. The Bertz CT molecular complexity index is 145. The Kier molecular flexibility index (Phi) is 2.50. The molecule has 0 aromatic heterocycles. The van der Waals surface area contributed by atoms with E-state index in [0.717, 1.165) is 0 Å². The summed E-state index contributed by atoms with van der Waals surface area (Å²) in [6, 6.07) is 0.503. The molecule has 0 heterocycles. The lowest BCUT2D eigenvalue weighted by Crippen LogP contribution is -2.46. The number of hydrazine groups is 1. The molecule has 0 radical (unpaired) electrons. The van der Waals surface area contributed by atoms with Crippen LogP contribution < -0.4 is 11.3 Å². The predicted octanol–water partition coefficient (Wildman–Crippen LogP) is 2.05. The standard InChI is InChI=1S/C10H22N2/c1-9(2)5-8(12-11)6-10(3,4)7-9/h8,12H,5-7,11H2,1-4H3. The second kappa shape index (κ2) is 3.00. The van der Waals surface area contributed by atoms with Crippen molar-refractivity contribution in [2.75, 3.05) is 0 Å². The van der Waals surface area contributed by atoms with Crippen molar-refractivity contribution < 1.29 is 0 Å². The van der Waals surface area contributed by atoms with E-state index in [1.807, 2.05) is 0 Å². The van der Waals surface area contributed by atoms with E-state index in [1.54, 1.807) is 0 Å². The van der Waals surface area contributed by atoms with Crippen LogP contribution in [0.5, 0.6) is 0 Å². The zero-order valence-corrected chi connectivity index (χ0v) is 8.78. The summed E-state index contributed by atoms with van der Waals surface area (Å²) in [5.74, 6) is 5.50. The molecule has 1 aliphatic rings. The van der Waals surface area contributed by atoms with Crippen molar-refractivity contribution in [2.24, 2.45) is 16.7 Å². The van der Waals surface area contributed by atoms with E-state index in [1.165, 1.54) is 19.3 Å². The molecule has 2 nitrogen and oxygen atoms in total. The summed E-state index contributed by atoms with van der Waals surface area (Å²) in [6.07, 6.45) is 3.71. The molecule has 0 aromatic rings. The molecule has 0 saturated heterocycles. The van der Waals surface area contributed by atoms with Crippen LogP contribution in [0.4, 0.5) is 0 Å². The Labute approximate surface area is 75.9 Å². The first-order valence-electron chi connectivity index (χ1n) is 4.81. The Morgan fingerprint density at radius 3 is 1.83 bits per heavy atom. The molecular weight excluding hydrogens is 148 g/mol. The highest BCUT2D eigenvalue weighted by Crippen LogP contribution is 2.45. The highest BCUT2D eigenvalue weighted by Gasteiger charge is 2.37. The van der Waals surface area contributed by atoms with Crippen LogP contribution in [-0.2, 0) is 0 Å². The van der Waals surface area contributed by atoms with Gasteiger partial charge in [0.25, 0.3) is 0 Å². The molecule has 1 saturated carbocycles. The molecule has 1 rings (SSSR count). The van der Waals surface area contributed by atoms with Gasteiger partial charge in [-0.3, -0.25) is 11.3 Å². The smallest absolute Gasteiger partial charge is 0.0220 e. The van der Waals surface area contributed by atoms with E-state index in [2.05, 4.69) is 33.1 Å². The summed E-state index contributed by atoms with van der Waals surface area (Å²) in [5, 5.41) is 0. The van der Waals surface area contributed by atoms with E-state index >= 15 is 0 Å². The average Bonchev–Trinajstić information content (AvgIpc) is 1.80. The molecule has 0 aliphatic heterocycles. The fraction of sp³-hybridized carbons (Fsp3) is 1.00. The third-order valence-electron chi connectivity index (χ3n) is 2.79. The summed E-state index contributed by atoms with van der Waals surface area (Å²) in [5.41, 5.74) is 3.80. The van der Waals surface area contributed by atoms with Crippen LogP contribution in [0.25, 0.3) is 0 Å². The first-order valence-corrected chi connectivity index (χ1v) is 4.81. The Hall–Kier alpha value is -0.0800. The van der Waals surface area contributed by atoms with Crippen molar-refractivity contribution in [3.8, 4) is 0 Å². The van der Waals surface area contributed by atoms with Gasteiger partial charge in [0.05, 0.1) is 0 Å². The van der Waals surface area contributed by atoms with E-state index in [4.69, 9.17) is 5.84 Å². The van der Waals surface area contributed by atoms with Gasteiger partial charge in [-0.2, -0.15) is 0 Å². The van der Waals surface area contributed by atoms with Crippen molar-refractivity contribution in [2.45, 2.75) is 53.0 Å². The minimum absolute atomic E-state index is 0.443. The van der Waals surface area contributed by atoms with Crippen molar-refractivity contribution in [1.29, 1.82) is 0 Å². The van der Waals surface area contributed by atoms with Crippen LogP contribution >= 0.6 is 0 Å². The predicted molar refractivity (Wildman–Crippen MR) is 52.5 cm³/mol. The van der Waals surface area contributed by atoms with Crippen LogP contribution in [0.2, 0.25) is 0 Å². The molecule has 12 heavy (non-hydrogen) atoms. The second-order valence-electron chi connectivity index (χ2n) is 5.78. The molecule has 1 fully saturated rings. The maximum Gasteiger partial charge on any atom is 0.0220 e. The van der Waals surface area contributed by atoms with Gasteiger partial charge < -0.3 is 0 Å². The summed E-state index contributed by atoms with van der Waals surface area (Å²) in [6.45, 7) is 9.33. The van der Waals surface area contributed by atoms with Gasteiger partial charge in [0.15, 0.2) is 0 Å². The van der Waals surface area contributed by atoms with Crippen LogP contribution in [0.1, 0.15) is 47.0 Å². The van der Waals surface area contributed by atoms with E-state index < -0.39 is 0 Å². The molecule has 2 heteroatoms. The summed E-state index contributed by atoms with van der Waals surface area (Å²) in [7, 11) is 0. The number of hydrogen-bond acceptors (Lipinski definition) is 2. The van der Waals surface area contributed by atoms with E-state index in [9.17, 15) is 0 Å². The third-order valence-corrected chi connectivity index (χ3v) is 2.79. The molecule has 72 valence electrons. The lowest BCUT2D eigenvalue weighted by atomic mass is 9.64. The number of hydrogen-bond donors (Lipinski definition) is 2. The van der Waals surface area contributed by atoms with Gasteiger partial charge in [-0.05, 0) is 30.1 Å². The quantitative estimate of drug-likeness (QED) is 0.467. The van der Waals surface area contributed by atoms with Gasteiger partial charge in [0.1, 0.15) is 0 Å². The lowest BCUT2D eigenvalue weighted by molar-refractivity contribution is 0.0853. The fourth-order valence-electron chi connectivity index (χ4n) is 2.96. The van der Waals surface area contributed by atoms with Crippen molar-refractivity contribution in [1.82, 2.24) is 5.43 Å². The van der Waals surface area contributed by atoms with Crippen molar-refractivity contribution in [3.63, 3.8) is 0 Å². The van der Waals surface area contributed by atoms with Crippen molar-refractivity contribution in [3.05, 3.63) is 0 Å². The zero-order valence-electron chi connectivity index (χ0n) is 8.78. The minimum Gasteiger partial charge on any atom is -0.271 e. The second-order valence-corrected chi connectivity index (χ2v) is 5.78. The monoisotopic (exact) mass is 170 g/mol. The van der Waals surface area contributed by atoms with Gasteiger partial charge in [-0.25, -0.2) is 0 Å². The van der Waals surface area contributed by atoms with Crippen LogP contribution in [-0.4, -0.2) is 6.04 Å². The van der Waals surface area contributed by atoms with Gasteiger partial charge in [-0.1, -0.05) is 27.7 Å². The molecule has 0 unspecified atom stereocenters. The average molecular weight is 170 g/mol. The lowest BCUT2D eigenvalue weighted by Gasteiger charge is -2.44. The van der Waals surface area contributed by atoms with Gasteiger partial charge in [-0.15, -0.1) is 0 Å². The summed E-state index contributed by atoms with van der Waals surface area (Å²) >= 11 is 0. The SMILES string of the molecule is CC1(C)CC(NN)CC(C)(C)C1. The van der Waals surface area contributed by atoms with Gasteiger partial charge >= 0.3 is 0 Å². The Morgan fingerprint density at radius 2 is 1.50 bits per heavy atom. The molecule has 1 aliphatic carbocycles. The minimum atomic E-state index is 0.443. The fourth-order valence-corrected chi connectivity index (χ4v) is 2.96. The van der Waals surface area contributed by atoms with Gasteiger partial charge in [0, 0.05) is 6.04 Å². The van der Waals surface area contributed by atoms with Gasteiger partial charge in [0.2, 0.25) is 0 Å². The zero-order chi connectivity index (χ0) is 9.41. The number of nitrogens with one attached hydrogen (secondary N) is 1. The molecule has 0 atom stereocenters. The van der Waals surface area contributed by atoms with Crippen LogP contribution in [0.3, 0.4) is 0 Å².